The van der Waals surface area contributed by atoms with Gasteiger partial charge in [0.2, 0.25) is 5.83 Å². The maximum Gasteiger partial charge on any atom is 0.462 e. The highest BCUT2D eigenvalue weighted by atomic mass is 19.4. The van der Waals surface area contributed by atoms with Gasteiger partial charge in [-0.05, 0) is 37.0 Å². The molecule has 0 spiro atoms. The first-order valence-electron chi connectivity index (χ1n) is 7.13. The Labute approximate surface area is 128 Å². The van der Waals surface area contributed by atoms with E-state index in [0.717, 1.165) is 19.3 Å². The number of esters is 1. The maximum atomic E-state index is 13.1. The van der Waals surface area contributed by atoms with Crippen LogP contribution in [0.25, 0.3) is 0 Å². The topological polar surface area (TPSA) is 35.5 Å². The molecule has 0 radical (unpaired) electrons. The van der Waals surface area contributed by atoms with E-state index in [1.807, 2.05) is 0 Å². The standard InChI is InChI=1S/C14H16F6O3/c1-7(15)11(21)23-13(12(16)17,14(18,19)20)22-6-10-5-8-2-3-9(10)4-8/h8-10,12H,1-6H2. The summed E-state index contributed by atoms with van der Waals surface area (Å²) in [5.41, 5.74) is 0. The fourth-order valence-electron chi connectivity index (χ4n) is 3.40. The van der Waals surface area contributed by atoms with Crippen molar-refractivity contribution in [1.29, 1.82) is 0 Å². The minimum atomic E-state index is -5.72. The van der Waals surface area contributed by atoms with Gasteiger partial charge >= 0.3 is 24.4 Å². The second-order valence-corrected chi connectivity index (χ2v) is 6.01. The molecule has 0 aliphatic heterocycles. The Hall–Kier alpha value is -1.25. The third-order valence-electron chi connectivity index (χ3n) is 4.54. The molecule has 2 fully saturated rings. The van der Waals surface area contributed by atoms with E-state index in [1.54, 1.807) is 0 Å². The van der Waals surface area contributed by atoms with Crippen molar-refractivity contribution in [3.8, 4) is 0 Å². The molecule has 0 saturated heterocycles. The Morgan fingerprint density at radius 2 is 1.87 bits per heavy atom. The normalized spacial score (nSPS) is 29.6. The number of fused-ring (bicyclic) bond motifs is 2. The molecule has 2 saturated carbocycles. The lowest BCUT2D eigenvalue weighted by Crippen LogP contribution is -2.57. The van der Waals surface area contributed by atoms with Crippen molar-refractivity contribution < 1.29 is 40.6 Å². The zero-order chi connectivity index (χ0) is 17.4. The van der Waals surface area contributed by atoms with Gasteiger partial charge in [0.1, 0.15) is 0 Å². The van der Waals surface area contributed by atoms with Gasteiger partial charge in [-0.15, -0.1) is 0 Å². The first-order valence-corrected chi connectivity index (χ1v) is 7.13. The van der Waals surface area contributed by atoms with Crippen LogP contribution in [0, 0.1) is 17.8 Å². The summed E-state index contributed by atoms with van der Waals surface area (Å²) in [6.07, 6.45) is -6.73. The number of ether oxygens (including phenoxy) is 2. The van der Waals surface area contributed by atoms with Crippen LogP contribution in [-0.4, -0.2) is 31.0 Å². The van der Waals surface area contributed by atoms with Crippen molar-refractivity contribution in [3.05, 3.63) is 12.4 Å². The van der Waals surface area contributed by atoms with E-state index in [9.17, 15) is 31.1 Å². The van der Waals surface area contributed by atoms with Crippen LogP contribution in [0.4, 0.5) is 26.3 Å². The largest absolute Gasteiger partial charge is 0.462 e. The molecule has 0 N–H and O–H groups in total. The van der Waals surface area contributed by atoms with Crippen LogP contribution >= 0.6 is 0 Å². The smallest absolute Gasteiger partial charge is 0.413 e. The van der Waals surface area contributed by atoms with E-state index in [1.165, 1.54) is 0 Å². The van der Waals surface area contributed by atoms with Gasteiger partial charge in [-0.1, -0.05) is 13.0 Å². The summed E-state index contributed by atoms with van der Waals surface area (Å²) in [5, 5.41) is 0. The molecule has 9 heteroatoms. The predicted molar refractivity (Wildman–Crippen MR) is 66.0 cm³/mol. The molecule has 4 atom stereocenters. The van der Waals surface area contributed by atoms with Crippen molar-refractivity contribution in [1.82, 2.24) is 0 Å². The maximum absolute atomic E-state index is 13.1. The van der Waals surface area contributed by atoms with E-state index >= 15 is 0 Å². The molecule has 0 aromatic heterocycles. The second-order valence-electron chi connectivity index (χ2n) is 6.01. The van der Waals surface area contributed by atoms with E-state index in [-0.39, 0.29) is 11.8 Å². The summed E-state index contributed by atoms with van der Waals surface area (Å²) in [5.74, 6) is -8.44. The zero-order valence-electron chi connectivity index (χ0n) is 12.0. The summed E-state index contributed by atoms with van der Waals surface area (Å²) in [7, 11) is 0. The van der Waals surface area contributed by atoms with E-state index < -0.39 is 36.8 Å². The van der Waals surface area contributed by atoms with Crippen LogP contribution in [0.2, 0.25) is 0 Å². The number of hydrogen-bond donors (Lipinski definition) is 0. The van der Waals surface area contributed by atoms with Crippen LogP contribution in [0.3, 0.4) is 0 Å². The Morgan fingerprint density at radius 1 is 1.22 bits per heavy atom. The van der Waals surface area contributed by atoms with E-state index in [2.05, 4.69) is 16.1 Å². The van der Waals surface area contributed by atoms with Crippen molar-refractivity contribution in [2.24, 2.45) is 17.8 Å². The zero-order valence-corrected chi connectivity index (χ0v) is 12.0. The Balaban J connectivity index is 2.14. The summed E-state index contributed by atoms with van der Waals surface area (Å²) in [4.78, 5) is 11.0. The first kappa shape index (κ1) is 18.1. The molecule has 0 amide bonds. The molecular weight excluding hydrogens is 330 g/mol. The van der Waals surface area contributed by atoms with E-state index in [4.69, 9.17) is 0 Å². The minimum Gasteiger partial charge on any atom is -0.413 e. The number of carbonyl (C=O) groups excluding carboxylic acids is 1. The predicted octanol–water partition coefficient (Wildman–Crippen LogP) is 3.99. The van der Waals surface area contributed by atoms with Gasteiger partial charge in [0.05, 0.1) is 6.61 Å². The van der Waals surface area contributed by atoms with Crippen LogP contribution in [0.15, 0.2) is 12.4 Å². The first-order chi connectivity index (χ1) is 10.6. The SMILES string of the molecule is C=C(F)C(=O)OC(OCC1CC2CCC1C2)(C(F)F)C(F)(F)F. The fraction of sp³-hybridized carbons (Fsp3) is 0.786. The van der Waals surface area contributed by atoms with Crippen LogP contribution in [0.5, 0.6) is 0 Å². The number of hydrogen-bond acceptors (Lipinski definition) is 3. The molecule has 2 aliphatic carbocycles. The second kappa shape index (κ2) is 6.33. The van der Waals surface area contributed by atoms with Crippen molar-refractivity contribution in [3.63, 3.8) is 0 Å². The van der Waals surface area contributed by atoms with Crippen molar-refractivity contribution in [2.75, 3.05) is 6.61 Å². The summed E-state index contributed by atoms with van der Waals surface area (Å²) < 4.78 is 86.0. The molecule has 4 unspecified atom stereocenters. The Morgan fingerprint density at radius 3 is 2.26 bits per heavy atom. The lowest BCUT2D eigenvalue weighted by atomic mass is 9.89. The quantitative estimate of drug-likeness (QED) is 0.316. The van der Waals surface area contributed by atoms with Gasteiger partial charge in [-0.3, -0.25) is 0 Å². The summed E-state index contributed by atoms with van der Waals surface area (Å²) in [6, 6.07) is 0. The molecule has 2 rings (SSSR count). The van der Waals surface area contributed by atoms with E-state index in [0.29, 0.717) is 12.3 Å². The van der Waals surface area contributed by atoms with Gasteiger partial charge in [0, 0.05) is 0 Å². The molecule has 2 bridgehead atoms. The molecule has 0 heterocycles. The average Bonchev–Trinajstić information content (AvgIpc) is 3.03. The highest BCUT2D eigenvalue weighted by molar-refractivity contribution is 5.85. The monoisotopic (exact) mass is 346 g/mol. The molecular formula is C14H16F6O3. The number of halogens is 6. The van der Waals surface area contributed by atoms with Crippen molar-refractivity contribution >= 4 is 5.97 Å². The molecule has 0 aromatic carbocycles. The van der Waals surface area contributed by atoms with Crippen LogP contribution < -0.4 is 0 Å². The minimum absolute atomic E-state index is 0.121. The third-order valence-corrected chi connectivity index (χ3v) is 4.54. The van der Waals surface area contributed by atoms with Gasteiger partial charge in [-0.2, -0.15) is 17.6 Å². The van der Waals surface area contributed by atoms with Gasteiger partial charge in [-0.25, -0.2) is 13.6 Å². The highest BCUT2D eigenvalue weighted by Gasteiger charge is 2.67. The van der Waals surface area contributed by atoms with Crippen molar-refractivity contribution in [2.45, 2.75) is 44.1 Å². The lowest BCUT2D eigenvalue weighted by Gasteiger charge is -2.35. The van der Waals surface area contributed by atoms with Gasteiger partial charge in [0.15, 0.2) is 0 Å². The van der Waals surface area contributed by atoms with Gasteiger partial charge < -0.3 is 9.47 Å². The molecule has 3 nitrogen and oxygen atoms in total. The number of carbonyl (C=O) groups is 1. The van der Waals surface area contributed by atoms with Crippen LogP contribution in [-0.2, 0) is 14.3 Å². The van der Waals surface area contributed by atoms with Crippen LogP contribution in [0.1, 0.15) is 25.7 Å². The Kier molecular flexibility index (Phi) is 4.98. The summed E-state index contributed by atoms with van der Waals surface area (Å²) >= 11 is 0. The fourth-order valence-corrected chi connectivity index (χ4v) is 3.40. The highest BCUT2D eigenvalue weighted by Crippen LogP contribution is 2.49. The average molecular weight is 346 g/mol. The molecule has 0 aromatic rings. The molecule has 132 valence electrons. The summed E-state index contributed by atoms with van der Waals surface area (Å²) in [6.45, 7) is 1.81. The lowest BCUT2D eigenvalue weighted by molar-refractivity contribution is -0.402. The Bertz CT molecular complexity index is 478. The molecule has 23 heavy (non-hydrogen) atoms. The molecule has 2 aliphatic rings. The number of rotatable bonds is 6. The van der Waals surface area contributed by atoms with Gasteiger partial charge in [0.25, 0.3) is 0 Å². The number of alkyl halides is 5. The third kappa shape index (κ3) is 3.49.